The van der Waals surface area contributed by atoms with Crippen molar-refractivity contribution in [2.75, 3.05) is 33.9 Å². The van der Waals surface area contributed by atoms with Gasteiger partial charge in [-0.25, -0.2) is 4.79 Å². The number of benzene rings is 1. The molecular weight excluding hydrogens is 391 g/mol. The lowest BCUT2D eigenvalue weighted by Crippen LogP contribution is -2.42. The van der Waals surface area contributed by atoms with Gasteiger partial charge in [0.25, 0.3) is 0 Å². The van der Waals surface area contributed by atoms with Crippen molar-refractivity contribution in [3.8, 4) is 11.5 Å². The largest absolute Gasteiger partial charge is 0.493 e. The number of carboxylic acid groups (broad SMARTS) is 1. The molecule has 3 atom stereocenters. The van der Waals surface area contributed by atoms with Crippen molar-refractivity contribution in [1.82, 2.24) is 4.90 Å². The van der Waals surface area contributed by atoms with Crippen molar-refractivity contribution in [3.63, 3.8) is 0 Å². The molecule has 1 N–H and O–H groups in total. The molecule has 29 heavy (non-hydrogen) atoms. The molecule has 6 nitrogen and oxygen atoms in total. The number of methoxy groups -OCH3 is 2. The first kappa shape index (κ1) is 23.3. The third kappa shape index (κ3) is 6.78. The summed E-state index contributed by atoms with van der Waals surface area (Å²) in [5.41, 5.74) is 1.30. The number of piperidine rings is 1. The highest BCUT2D eigenvalue weighted by Gasteiger charge is 2.38. The van der Waals surface area contributed by atoms with E-state index in [0.717, 1.165) is 36.9 Å². The van der Waals surface area contributed by atoms with E-state index in [1.807, 2.05) is 6.07 Å². The van der Waals surface area contributed by atoms with Crippen LogP contribution >= 0.6 is 0 Å². The fourth-order valence-electron chi connectivity index (χ4n) is 3.80. The minimum Gasteiger partial charge on any atom is -0.493 e. The maximum atomic E-state index is 10.6. The number of carboxylic acids is 1. The van der Waals surface area contributed by atoms with Gasteiger partial charge in [-0.3, -0.25) is 0 Å². The Morgan fingerprint density at radius 1 is 1.28 bits per heavy atom. The molecule has 0 aromatic heterocycles. The monoisotopic (exact) mass is 419 g/mol. The molecule has 2 fully saturated rings. The molecule has 1 aromatic rings. The van der Waals surface area contributed by atoms with Gasteiger partial charge in [0, 0.05) is 25.6 Å². The minimum atomic E-state index is -5.08. The lowest BCUT2D eigenvalue weighted by molar-refractivity contribution is -0.192. The molecule has 164 valence electrons. The highest BCUT2D eigenvalue weighted by atomic mass is 19.4. The summed E-state index contributed by atoms with van der Waals surface area (Å²) in [5, 5.41) is 7.12. The van der Waals surface area contributed by atoms with Crippen molar-refractivity contribution >= 4 is 5.97 Å². The first-order chi connectivity index (χ1) is 13.6. The average molecular weight is 419 g/mol. The van der Waals surface area contributed by atoms with Crippen molar-refractivity contribution in [2.45, 2.75) is 44.6 Å². The molecule has 0 spiro atoms. The SMILES string of the molecule is COc1ccc(CCN2CC[C@H]3O[C@@H](C)C[C@H]3C2)cc1OC.O=C(O)C(F)(F)F. The van der Waals surface area contributed by atoms with E-state index in [0.29, 0.717) is 12.2 Å². The van der Waals surface area contributed by atoms with Gasteiger partial charge in [-0.05, 0) is 43.9 Å². The predicted octanol–water partition coefficient (Wildman–Crippen LogP) is 3.38. The molecule has 0 bridgehead atoms. The van der Waals surface area contributed by atoms with E-state index in [-0.39, 0.29) is 0 Å². The third-order valence-corrected chi connectivity index (χ3v) is 5.20. The van der Waals surface area contributed by atoms with Crippen LogP contribution in [0.4, 0.5) is 13.2 Å². The molecule has 2 aliphatic rings. The lowest BCUT2D eigenvalue weighted by Gasteiger charge is -2.34. The minimum absolute atomic E-state index is 0.445. The number of rotatable bonds is 5. The van der Waals surface area contributed by atoms with Crippen LogP contribution in [0.2, 0.25) is 0 Å². The topological polar surface area (TPSA) is 68.2 Å². The second kappa shape index (κ2) is 10.2. The number of ether oxygens (including phenoxy) is 3. The normalized spacial score (nSPS) is 24.3. The Hall–Kier alpha value is -2.00. The molecule has 2 heterocycles. The van der Waals surface area contributed by atoms with E-state index >= 15 is 0 Å². The van der Waals surface area contributed by atoms with Gasteiger partial charge < -0.3 is 24.2 Å². The predicted molar refractivity (Wildman–Crippen MR) is 100 cm³/mol. The summed E-state index contributed by atoms with van der Waals surface area (Å²) in [6.07, 6.45) is -0.680. The molecule has 0 amide bonds. The second-order valence-corrected chi connectivity index (χ2v) is 7.31. The Balaban J connectivity index is 0.000000370. The highest BCUT2D eigenvalue weighted by molar-refractivity contribution is 5.73. The van der Waals surface area contributed by atoms with E-state index in [9.17, 15) is 13.2 Å². The van der Waals surface area contributed by atoms with E-state index in [4.69, 9.17) is 24.1 Å². The van der Waals surface area contributed by atoms with E-state index < -0.39 is 12.1 Å². The van der Waals surface area contributed by atoms with Gasteiger partial charge in [0.2, 0.25) is 0 Å². The first-order valence-corrected chi connectivity index (χ1v) is 9.52. The van der Waals surface area contributed by atoms with Gasteiger partial charge in [-0.15, -0.1) is 0 Å². The molecule has 2 saturated heterocycles. The number of likely N-dealkylation sites (tertiary alicyclic amines) is 1. The zero-order chi connectivity index (χ0) is 21.6. The Morgan fingerprint density at radius 3 is 2.52 bits per heavy atom. The third-order valence-electron chi connectivity index (χ3n) is 5.20. The maximum Gasteiger partial charge on any atom is 0.490 e. The summed E-state index contributed by atoms with van der Waals surface area (Å²) < 4.78 is 48.4. The van der Waals surface area contributed by atoms with Gasteiger partial charge in [-0.2, -0.15) is 13.2 Å². The summed E-state index contributed by atoms with van der Waals surface area (Å²) in [5.74, 6) is -0.414. The number of alkyl halides is 3. The molecule has 0 radical (unpaired) electrons. The van der Waals surface area contributed by atoms with Crippen LogP contribution in [-0.2, 0) is 16.0 Å². The first-order valence-electron chi connectivity index (χ1n) is 9.52. The van der Waals surface area contributed by atoms with Gasteiger partial charge in [0.05, 0.1) is 26.4 Å². The molecule has 0 unspecified atom stereocenters. The summed E-state index contributed by atoms with van der Waals surface area (Å²) >= 11 is 0. The number of hydrogen-bond acceptors (Lipinski definition) is 5. The van der Waals surface area contributed by atoms with Gasteiger partial charge in [-0.1, -0.05) is 6.07 Å². The second-order valence-electron chi connectivity index (χ2n) is 7.31. The zero-order valence-electron chi connectivity index (χ0n) is 16.9. The number of aliphatic carboxylic acids is 1. The number of nitrogens with zero attached hydrogens (tertiary/aromatic N) is 1. The molecule has 0 aliphatic carbocycles. The van der Waals surface area contributed by atoms with Gasteiger partial charge in [0.15, 0.2) is 11.5 Å². The Morgan fingerprint density at radius 2 is 1.93 bits per heavy atom. The van der Waals surface area contributed by atoms with Gasteiger partial charge >= 0.3 is 12.1 Å². The van der Waals surface area contributed by atoms with Crippen molar-refractivity contribution in [3.05, 3.63) is 23.8 Å². The lowest BCUT2D eigenvalue weighted by atomic mass is 9.93. The summed E-state index contributed by atoms with van der Waals surface area (Å²) in [6.45, 7) is 5.64. The number of fused-ring (bicyclic) bond motifs is 1. The molecule has 0 saturated carbocycles. The summed E-state index contributed by atoms with van der Waals surface area (Å²) in [7, 11) is 3.36. The number of carbonyl (C=O) groups is 1. The summed E-state index contributed by atoms with van der Waals surface area (Å²) in [4.78, 5) is 11.5. The van der Waals surface area contributed by atoms with Crippen LogP contribution < -0.4 is 9.47 Å². The highest BCUT2D eigenvalue weighted by Crippen LogP contribution is 2.33. The Labute approximate surface area is 168 Å². The smallest absolute Gasteiger partial charge is 0.490 e. The fraction of sp³-hybridized carbons (Fsp3) is 0.650. The van der Waals surface area contributed by atoms with Crippen molar-refractivity contribution < 1.29 is 37.3 Å². The Kier molecular flexibility index (Phi) is 8.15. The van der Waals surface area contributed by atoms with Crippen LogP contribution in [0, 0.1) is 5.92 Å². The Bertz CT molecular complexity index is 683. The van der Waals surface area contributed by atoms with Crippen molar-refractivity contribution in [2.24, 2.45) is 5.92 Å². The molecule has 9 heteroatoms. The number of hydrogen-bond donors (Lipinski definition) is 1. The quantitative estimate of drug-likeness (QED) is 0.789. The standard InChI is InChI=1S/C18H27NO3.C2HF3O2/c1-13-10-15-12-19(9-7-16(15)22-13)8-6-14-4-5-17(20-2)18(11-14)21-3;3-2(4,5)1(6)7/h4-5,11,13,15-16H,6-10,12H2,1-3H3;(H,6,7)/t13-,15-,16+;/m0./s1. The van der Waals surface area contributed by atoms with E-state index in [1.54, 1.807) is 14.2 Å². The van der Waals surface area contributed by atoms with Crippen LogP contribution in [0.15, 0.2) is 18.2 Å². The van der Waals surface area contributed by atoms with Crippen molar-refractivity contribution in [1.29, 1.82) is 0 Å². The molecular formula is C20H28F3NO5. The molecule has 3 rings (SSSR count). The average Bonchev–Trinajstić information content (AvgIpc) is 3.05. The van der Waals surface area contributed by atoms with E-state index in [1.165, 1.54) is 24.9 Å². The van der Waals surface area contributed by atoms with E-state index in [2.05, 4.69) is 24.0 Å². The molecule has 2 aliphatic heterocycles. The maximum absolute atomic E-state index is 10.6. The number of halogens is 3. The van der Waals surface area contributed by atoms with Crippen LogP contribution in [-0.4, -0.2) is 68.2 Å². The van der Waals surface area contributed by atoms with Crippen LogP contribution in [0.25, 0.3) is 0 Å². The van der Waals surface area contributed by atoms with Crippen LogP contribution in [0.3, 0.4) is 0 Å². The zero-order valence-corrected chi connectivity index (χ0v) is 16.9. The van der Waals surface area contributed by atoms with Crippen LogP contribution in [0.1, 0.15) is 25.3 Å². The molecule has 1 aromatic carbocycles. The van der Waals surface area contributed by atoms with Crippen LogP contribution in [0.5, 0.6) is 11.5 Å². The fourth-order valence-corrected chi connectivity index (χ4v) is 3.80. The summed E-state index contributed by atoms with van der Waals surface area (Å²) in [6, 6.07) is 6.22. The van der Waals surface area contributed by atoms with Gasteiger partial charge in [0.1, 0.15) is 0 Å².